The fourth-order valence-corrected chi connectivity index (χ4v) is 9.49. The lowest BCUT2D eigenvalue weighted by Crippen LogP contribution is -2.35. The van der Waals surface area contributed by atoms with E-state index in [0.717, 1.165) is 61.2 Å². The van der Waals surface area contributed by atoms with Crippen molar-refractivity contribution in [3.63, 3.8) is 0 Å². The Balaban J connectivity index is 1.21. The van der Waals surface area contributed by atoms with Crippen LogP contribution in [0.3, 0.4) is 0 Å². The molecule has 13 heteroatoms. The summed E-state index contributed by atoms with van der Waals surface area (Å²) < 4.78 is 60.4. The summed E-state index contributed by atoms with van der Waals surface area (Å²) in [6.07, 6.45) is 5.72. The van der Waals surface area contributed by atoms with E-state index in [2.05, 4.69) is 28.3 Å². The highest BCUT2D eigenvalue weighted by atomic mass is 32.2. The first-order valence-electron chi connectivity index (χ1n) is 15.4. The molecule has 43 heavy (non-hydrogen) atoms. The molecule has 232 valence electrons. The van der Waals surface area contributed by atoms with Crippen molar-refractivity contribution < 1.29 is 16.8 Å². The van der Waals surface area contributed by atoms with Crippen LogP contribution in [0.5, 0.6) is 0 Å². The number of piperidine rings is 2. The van der Waals surface area contributed by atoms with Gasteiger partial charge in [-0.05, 0) is 75.9 Å². The molecule has 2 aliphatic rings. The molecular weight excluding hydrogens is 587 g/mol. The van der Waals surface area contributed by atoms with Gasteiger partial charge in [0.05, 0.1) is 44.9 Å². The maximum Gasteiger partial charge on any atom is 0.243 e. The predicted octanol–water partition coefficient (Wildman–Crippen LogP) is 4.06. The molecule has 2 aromatic carbocycles. The van der Waals surface area contributed by atoms with Crippen LogP contribution in [-0.2, 0) is 46.2 Å². The smallest absolute Gasteiger partial charge is 0.243 e. The van der Waals surface area contributed by atoms with Crippen LogP contribution in [0.25, 0.3) is 22.1 Å². The molecule has 11 nitrogen and oxygen atoms in total. The van der Waals surface area contributed by atoms with Gasteiger partial charge < -0.3 is 14.5 Å². The SMILES string of the molecule is CCn1c(CNCc2nc3cc(S(=O)(=O)N4CCCCC4)ccc3n2CC)nc2cc(S(=O)(=O)N3CCCCC3)ccc21. The van der Waals surface area contributed by atoms with Crippen LogP contribution in [0.4, 0.5) is 0 Å². The molecule has 2 fully saturated rings. The second-order valence-electron chi connectivity index (χ2n) is 11.4. The molecule has 2 aromatic heterocycles. The molecule has 1 N–H and O–H groups in total. The van der Waals surface area contributed by atoms with Gasteiger partial charge in [-0.3, -0.25) is 0 Å². The first-order valence-corrected chi connectivity index (χ1v) is 18.3. The molecule has 0 atom stereocenters. The number of rotatable bonds is 10. The second-order valence-corrected chi connectivity index (χ2v) is 15.3. The van der Waals surface area contributed by atoms with Crippen LogP contribution in [0, 0.1) is 0 Å². The Labute approximate surface area is 254 Å². The lowest BCUT2D eigenvalue weighted by Gasteiger charge is -2.25. The number of benzene rings is 2. The zero-order valence-electron chi connectivity index (χ0n) is 25.0. The van der Waals surface area contributed by atoms with E-state index in [1.807, 2.05) is 12.1 Å². The van der Waals surface area contributed by atoms with Crippen molar-refractivity contribution in [3.05, 3.63) is 48.0 Å². The minimum Gasteiger partial charge on any atom is -0.327 e. The normalized spacial score (nSPS) is 17.7. The third-order valence-electron chi connectivity index (χ3n) is 8.70. The van der Waals surface area contributed by atoms with Crippen molar-refractivity contribution in [2.75, 3.05) is 26.2 Å². The quantitative estimate of drug-likeness (QED) is 0.281. The van der Waals surface area contributed by atoms with Crippen LogP contribution in [0.2, 0.25) is 0 Å². The van der Waals surface area contributed by atoms with Crippen LogP contribution in [0.1, 0.15) is 64.0 Å². The topological polar surface area (TPSA) is 122 Å². The number of sulfonamides is 2. The zero-order chi connectivity index (χ0) is 30.2. The van der Waals surface area contributed by atoms with Crippen molar-refractivity contribution in [2.24, 2.45) is 0 Å². The van der Waals surface area contributed by atoms with Crippen molar-refractivity contribution in [3.8, 4) is 0 Å². The third-order valence-corrected chi connectivity index (χ3v) is 12.5. The number of fused-ring (bicyclic) bond motifs is 2. The standard InChI is InChI=1S/C30H41N7O4S2/c1-3-36-27-13-11-23(42(38,39)34-15-7-5-8-16-34)19-25(27)32-29(36)21-31-22-30-33-26-20-24(12-14-28(26)37(30)4-2)43(40,41)35-17-9-6-10-18-35/h11-14,19-20,31H,3-10,15-18,21-22H2,1-2H3. The summed E-state index contributed by atoms with van der Waals surface area (Å²) in [6.45, 7) is 8.71. The van der Waals surface area contributed by atoms with E-state index >= 15 is 0 Å². The van der Waals surface area contributed by atoms with Gasteiger partial charge in [0.15, 0.2) is 0 Å². The van der Waals surface area contributed by atoms with Crippen LogP contribution >= 0.6 is 0 Å². The van der Waals surface area contributed by atoms with E-state index in [1.54, 1.807) is 32.9 Å². The van der Waals surface area contributed by atoms with Gasteiger partial charge in [0.25, 0.3) is 0 Å². The number of imidazole rings is 2. The molecule has 6 rings (SSSR count). The van der Waals surface area contributed by atoms with Gasteiger partial charge in [-0.1, -0.05) is 12.8 Å². The molecular formula is C30H41N7O4S2. The number of hydrogen-bond acceptors (Lipinski definition) is 7. The Kier molecular flexibility index (Phi) is 8.62. The molecule has 4 aromatic rings. The van der Waals surface area contributed by atoms with Crippen LogP contribution in [0.15, 0.2) is 46.2 Å². The lowest BCUT2D eigenvalue weighted by molar-refractivity contribution is 0.346. The molecule has 0 unspecified atom stereocenters. The van der Waals surface area contributed by atoms with E-state index in [0.29, 0.717) is 73.2 Å². The van der Waals surface area contributed by atoms with Gasteiger partial charge in [0.2, 0.25) is 20.0 Å². The van der Waals surface area contributed by atoms with E-state index in [4.69, 9.17) is 9.97 Å². The van der Waals surface area contributed by atoms with Gasteiger partial charge in [-0.15, -0.1) is 0 Å². The summed E-state index contributed by atoms with van der Waals surface area (Å²) in [5.41, 5.74) is 3.14. The molecule has 0 radical (unpaired) electrons. The van der Waals surface area contributed by atoms with Gasteiger partial charge in [0.1, 0.15) is 11.6 Å². The Bertz CT molecular complexity index is 1700. The van der Waals surface area contributed by atoms with E-state index in [9.17, 15) is 16.8 Å². The average Bonchev–Trinajstić information content (AvgIpc) is 3.57. The number of aromatic nitrogens is 4. The minimum atomic E-state index is -3.54. The van der Waals surface area contributed by atoms with Crippen molar-refractivity contribution >= 4 is 42.1 Å². The first-order chi connectivity index (χ1) is 20.7. The number of nitrogens with one attached hydrogen (secondary N) is 1. The summed E-state index contributed by atoms with van der Waals surface area (Å²) in [5.74, 6) is 1.64. The zero-order valence-corrected chi connectivity index (χ0v) is 26.6. The molecule has 0 spiro atoms. The summed E-state index contributed by atoms with van der Waals surface area (Å²) in [5, 5.41) is 3.46. The molecule has 0 aliphatic carbocycles. The fourth-order valence-electron chi connectivity index (χ4n) is 6.41. The highest BCUT2D eigenvalue weighted by molar-refractivity contribution is 7.89. The van der Waals surface area contributed by atoms with Crippen LogP contribution < -0.4 is 5.32 Å². The summed E-state index contributed by atoms with van der Waals surface area (Å²) in [4.78, 5) is 10.2. The van der Waals surface area contributed by atoms with Crippen molar-refractivity contribution in [1.82, 2.24) is 33.0 Å². The van der Waals surface area contributed by atoms with Crippen molar-refractivity contribution in [1.29, 1.82) is 0 Å². The number of aryl methyl sites for hydroxylation is 2. The van der Waals surface area contributed by atoms with E-state index < -0.39 is 20.0 Å². The van der Waals surface area contributed by atoms with Gasteiger partial charge in [0, 0.05) is 39.3 Å². The highest BCUT2D eigenvalue weighted by Gasteiger charge is 2.28. The van der Waals surface area contributed by atoms with Gasteiger partial charge in [-0.2, -0.15) is 8.61 Å². The molecule has 0 bridgehead atoms. The monoisotopic (exact) mass is 627 g/mol. The van der Waals surface area contributed by atoms with Gasteiger partial charge >= 0.3 is 0 Å². The van der Waals surface area contributed by atoms with Crippen molar-refractivity contribution in [2.45, 2.75) is 88.3 Å². The average molecular weight is 628 g/mol. The summed E-state index contributed by atoms with van der Waals surface area (Å²) in [7, 11) is -7.08. The fraction of sp³-hybridized carbons (Fsp3) is 0.533. The molecule has 0 amide bonds. The first kappa shape index (κ1) is 30.2. The largest absolute Gasteiger partial charge is 0.327 e. The molecule has 2 aliphatic heterocycles. The number of hydrogen-bond donors (Lipinski definition) is 1. The Morgan fingerprint density at radius 3 is 1.40 bits per heavy atom. The highest BCUT2D eigenvalue weighted by Crippen LogP contribution is 2.27. The second kappa shape index (κ2) is 12.3. The molecule has 2 saturated heterocycles. The predicted molar refractivity (Wildman–Crippen MR) is 167 cm³/mol. The maximum absolute atomic E-state index is 13.2. The third kappa shape index (κ3) is 5.73. The Morgan fingerprint density at radius 2 is 1.02 bits per heavy atom. The minimum absolute atomic E-state index is 0.292. The molecule has 4 heterocycles. The Morgan fingerprint density at radius 1 is 0.628 bits per heavy atom. The molecule has 0 saturated carbocycles. The van der Waals surface area contributed by atoms with E-state index in [1.165, 1.54) is 0 Å². The lowest BCUT2D eigenvalue weighted by atomic mass is 10.2. The van der Waals surface area contributed by atoms with Crippen LogP contribution in [-0.4, -0.2) is 70.7 Å². The summed E-state index contributed by atoms with van der Waals surface area (Å²) in [6, 6.07) is 10.5. The number of nitrogens with zero attached hydrogens (tertiary/aromatic N) is 6. The van der Waals surface area contributed by atoms with E-state index in [-0.39, 0.29) is 0 Å². The Hall–Kier alpha value is -2.84. The summed E-state index contributed by atoms with van der Waals surface area (Å²) >= 11 is 0. The maximum atomic E-state index is 13.2. The van der Waals surface area contributed by atoms with Gasteiger partial charge in [-0.25, -0.2) is 26.8 Å².